The summed E-state index contributed by atoms with van der Waals surface area (Å²) >= 11 is 0. The molecule has 1 amide bonds. The third-order valence-electron chi connectivity index (χ3n) is 10.5. The first-order valence-electron chi connectivity index (χ1n) is 16.8. The average Bonchev–Trinajstić information content (AvgIpc) is 3.72. The number of aromatic nitrogens is 1. The Labute approximate surface area is 293 Å². The number of nitrogens with zero attached hydrogens (tertiary/aromatic N) is 5. The molecule has 3 fully saturated rings. The molecule has 2 aromatic carbocycles. The van der Waals surface area contributed by atoms with E-state index in [9.17, 15) is 33.1 Å². The minimum Gasteiger partial charge on any atom is -0.497 e. The molecule has 14 heteroatoms. The molecule has 0 spiro atoms. The molecule has 1 aromatic heterocycles. The number of methoxy groups -OCH3 is 2. The second kappa shape index (κ2) is 14.4. The summed E-state index contributed by atoms with van der Waals surface area (Å²) in [5.41, 5.74) is -1.40. The lowest BCUT2D eigenvalue weighted by atomic mass is 9.85. The third kappa shape index (κ3) is 7.17. The number of amides is 1. The van der Waals surface area contributed by atoms with Crippen LogP contribution in [0.2, 0.25) is 0 Å². The van der Waals surface area contributed by atoms with E-state index in [0.717, 1.165) is 12.1 Å². The number of piperidine rings is 1. The van der Waals surface area contributed by atoms with Gasteiger partial charge in [-0.3, -0.25) is 9.59 Å². The molecule has 6 rings (SSSR count). The maximum atomic E-state index is 17.7. The van der Waals surface area contributed by atoms with E-state index in [-0.39, 0.29) is 64.6 Å². The molecule has 3 aliphatic rings. The van der Waals surface area contributed by atoms with Gasteiger partial charge in [-0.1, -0.05) is 18.2 Å². The molecule has 51 heavy (non-hydrogen) atoms. The zero-order valence-corrected chi connectivity index (χ0v) is 28.3. The number of anilines is 2. The third-order valence-corrected chi connectivity index (χ3v) is 10.5. The van der Waals surface area contributed by atoms with Crippen LogP contribution < -0.4 is 14.5 Å². The molecular formula is C37H39F4N5O5. The van der Waals surface area contributed by atoms with Crippen molar-refractivity contribution in [3.8, 4) is 11.8 Å². The van der Waals surface area contributed by atoms with Gasteiger partial charge < -0.3 is 29.3 Å². The number of carbonyl (C=O) groups excluding carboxylic acids is 1. The van der Waals surface area contributed by atoms with E-state index in [1.807, 2.05) is 6.07 Å². The summed E-state index contributed by atoms with van der Waals surface area (Å²) in [7, 11) is 3.02. The molecule has 0 saturated carbocycles. The van der Waals surface area contributed by atoms with Gasteiger partial charge in [0.1, 0.15) is 17.6 Å². The minimum absolute atomic E-state index is 0.0485. The van der Waals surface area contributed by atoms with Crippen LogP contribution in [0.4, 0.5) is 29.1 Å². The minimum atomic E-state index is -4.61. The number of pyridine rings is 1. The molecule has 0 bridgehead atoms. The molecular weight excluding hydrogens is 670 g/mol. The first-order valence-corrected chi connectivity index (χ1v) is 16.8. The normalized spacial score (nSPS) is 24.1. The maximum absolute atomic E-state index is 17.7. The van der Waals surface area contributed by atoms with Gasteiger partial charge in [-0.05, 0) is 60.4 Å². The van der Waals surface area contributed by atoms with Crippen LogP contribution in [0.25, 0.3) is 0 Å². The number of hydrogen-bond donors (Lipinski definition) is 1. The van der Waals surface area contributed by atoms with Crippen LogP contribution >= 0.6 is 0 Å². The van der Waals surface area contributed by atoms with E-state index < -0.39 is 47.0 Å². The van der Waals surface area contributed by atoms with Crippen molar-refractivity contribution < 1.29 is 41.7 Å². The fourth-order valence-corrected chi connectivity index (χ4v) is 7.76. The van der Waals surface area contributed by atoms with E-state index in [2.05, 4.69) is 4.98 Å². The predicted molar refractivity (Wildman–Crippen MR) is 179 cm³/mol. The van der Waals surface area contributed by atoms with Gasteiger partial charge in [0.25, 0.3) is 5.91 Å². The van der Waals surface area contributed by atoms with Crippen molar-refractivity contribution in [1.82, 2.24) is 9.88 Å². The zero-order chi connectivity index (χ0) is 36.5. The first kappa shape index (κ1) is 35.9. The summed E-state index contributed by atoms with van der Waals surface area (Å²) in [6, 6.07) is 15.6. The summed E-state index contributed by atoms with van der Waals surface area (Å²) in [5, 5.41) is 18.7. The Morgan fingerprint density at radius 1 is 1.02 bits per heavy atom. The van der Waals surface area contributed by atoms with Gasteiger partial charge in [-0.25, -0.2) is 9.37 Å². The van der Waals surface area contributed by atoms with Crippen molar-refractivity contribution in [2.75, 3.05) is 69.9 Å². The topological polar surface area (TPSA) is 119 Å². The molecule has 10 nitrogen and oxygen atoms in total. The molecule has 0 aliphatic carbocycles. The van der Waals surface area contributed by atoms with Gasteiger partial charge in [0, 0.05) is 69.5 Å². The smallest absolute Gasteiger partial charge is 0.416 e. The Morgan fingerprint density at radius 3 is 2.33 bits per heavy atom. The zero-order valence-electron chi connectivity index (χ0n) is 28.3. The van der Waals surface area contributed by atoms with Gasteiger partial charge in [0.2, 0.25) is 5.67 Å². The van der Waals surface area contributed by atoms with Gasteiger partial charge >= 0.3 is 12.1 Å². The summed E-state index contributed by atoms with van der Waals surface area (Å²) in [5.74, 6) is -3.00. The van der Waals surface area contributed by atoms with E-state index >= 15 is 4.39 Å². The Balaban J connectivity index is 1.33. The first-order chi connectivity index (χ1) is 24.4. The number of carboxylic acid groups (broad SMARTS) is 1. The number of ether oxygens (including phenoxy) is 2. The number of aliphatic carboxylic acids is 1. The lowest BCUT2D eigenvalue weighted by Gasteiger charge is -2.35. The fraction of sp³-hybridized carbons (Fsp3) is 0.459. The molecule has 1 N–H and O–H groups in total. The highest BCUT2D eigenvalue weighted by Crippen LogP contribution is 2.46. The number of alkyl halides is 4. The van der Waals surface area contributed by atoms with Gasteiger partial charge in [0.05, 0.1) is 37.3 Å². The number of likely N-dealkylation sites (tertiary alicyclic amines) is 1. The van der Waals surface area contributed by atoms with Crippen LogP contribution in [0.5, 0.6) is 5.75 Å². The Kier molecular flexibility index (Phi) is 10.1. The van der Waals surface area contributed by atoms with Gasteiger partial charge in [-0.15, -0.1) is 0 Å². The SMILES string of the molecule is COC[C@H]1CN(C(=O)[C@]2(F)CN(c3ccc(C#N)cn3)C[C@H]2c2ccc(OC)cc2)C[C@@H]1c1ccc(C(F)(F)F)cc1N1CCC(C(=O)O)CC1. The molecule has 4 atom stereocenters. The fourth-order valence-electron chi connectivity index (χ4n) is 7.76. The molecule has 0 radical (unpaired) electrons. The number of hydrogen-bond acceptors (Lipinski definition) is 8. The van der Waals surface area contributed by atoms with E-state index in [1.54, 1.807) is 46.2 Å². The van der Waals surface area contributed by atoms with Crippen LogP contribution in [-0.2, 0) is 20.5 Å². The lowest BCUT2D eigenvalue weighted by Crippen LogP contribution is -2.50. The monoisotopic (exact) mass is 709 g/mol. The summed E-state index contributed by atoms with van der Waals surface area (Å²) in [6.45, 7) is 0.682. The Hall–Kier alpha value is -4.90. The number of carbonyl (C=O) groups is 2. The number of carboxylic acids is 1. The molecule has 3 aliphatic heterocycles. The molecule has 3 saturated heterocycles. The van der Waals surface area contributed by atoms with Gasteiger partial charge in [0.15, 0.2) is 0 Å². The Morgan fingerprint density at radius 2 is 1.75 bits per heavy atom. The summed E-state index contributed by atoms with van der Waals surface area (Å²) < 4.78 is 70.4. The summed E-state index contributed by atoms with van der Waals surface area (Å²) in [4.78, 5) is 35.4. The van der Waals surface area contributed by atoms with Crippen molar-refractivity contribution in [2.24, 2.45) is 11.8 Å². The average molecular weight is 710 g/mol. The van der Waals surface area contributed by atoms with E-state index in [0.29, 0.717) is 33.9 Å². The molecule has 4 heterocycles. The van der Waals surface area contributed by atoms with Crippen LogP contribution in [0.1, 0.15) is 46.9 Å². The molecule has 0 unspecified atom stereocenters. The highest BCUT2D eigenvalue weighted by molar-refractivity contribution is 5.89. The van der Waals surface area contributed by atoms with Crippen molar-refractivity contribution in [1.29, 1.82) is 5.26 Å². The maximum Gasteiger partial charge on any atom is 0.416 e. The van der Waals surface area contributed by atoms with Crippen molar-refractivity contribution in [3.05, 3.63) is 83.0 Å². The quantitative estimate of drug-likeness (QED) is 0.288. The van der Waals surface area contributed by atoms with Crippen LogP contribution in [-0.4, -0.2) is 92.6 Å². The highest BCUT2D eigenvalue weighted by Gasteiger charge is 2.57. The number of nitriles is 1. The predicted octanol–water partition coefficient (Wildman–Crippen LogP) is 5.48. The Bertz CT molecular complexity index is 1780. The van der Waals surface area contributed by atoms with Crippen molar-refractivity contribution in [3.63, 3.8) is 0 Å². The standard InChI is InChI=1S/C37H39F4N5O5/c1-50-21-26-18-45(19-30(26)29-9-6-27(37(39,40)41)15-32(29)44-13-11-25(12-14-44)34(47)48)35(49)36(38)22-46(33-10-3-23(16-42)17-43-33)20-31(36)24-4-7-28(51-2)8-5-24/h3-10,15,17,25-26,30-31H,11-14,18-22H2,1-2H3,(H,47,48)/t26-,30+,31+,36+/m1/s1. The number of rotatable bonds is 9. The molecule has 270 valence electrons. The van der Waals surface area contributed by atoms with E-state index in [4.69, 9.17) is 9.47 Å². The van der Waals surface area contributed by atoms with Crippen molar-refractivity contribution in [2.45, 2.75) is 36.5 Å². The number of halogens is 4. The largest absolute Gasteiger partial charge is 0.497 e. The van der Waals surface area contributed by atoms with Gasteiger partial charge in [-0.2, -0.15) is 18.4 Å². The second-order valence-electron chi connectivity index (χ2n) is 13.5. The summed E-state index contributed by atoms with van der Waals surface area (Å²) in [6.07, 6.45) is -2.65. The van der Waals surface area contributed by atoms with E-state index in [1.165, 1.54) is 31.4 Å². The van der Waals surface area contributed by atoms with Crippen LogP contribution in [0.15, 0.2) is 60.8 Å². The molecule has 3 aromatic rings. The van der Waals surface area contributed by atoms with Crippen LogP contribution in [0.3, 0.4) is 0 Å². The highest BCUT2D eigenvalue weighted by atomic mass is 19.4. The second-order valence-corrected chi connectivity index (χ2v) is 13.5. The number of benzene rings is 2. The van der Waals surface area contributed by atoms with Crippen molar-refractivity contribution >= 4 is 23.4 Å². The lowest BCUT2D eigenvalue weighted by molar-refractivity contribution is -0.143. The van der Waals surface area contributed by atoms with Crippen LogP contribution in [0, 0.1) is 23.2 Å².